The molecule has 14 nitrogen and oxygen atoms in total. The first kappa shape index (κ1) is 27.0. The van der Waals surface area contributed by atoms with Crippen molar-refractivity contribution in [3.63, 3.8) is 0 Å². The van der Waals surface area contributed by atoms with E-state index in [4.69, 9.17) is 5.11 Å². The number of nitro groups is 1. The normalized spacial score (nSPS) is 12.9. The van der Waals surface area contributed by atoms with E-state index < -0.39 is 57.2 Å². The van der Waals surface area contributed by atoms with E-state index in [0.717, 1.165) is 6.92 Å². The maximum absolute atomic E-state index is 12.3. The highest BCUT2D eigenvalue weighted by Gasteiger charge is 2.40. The third kappa shape index (κ3) is 9.99. The van der Waals surface area contributed by atoms with Crippen molar-refractivity contribution < 1.29 is 37.7 Å². The number of carbonyl (C=O) groups is 4. The molecule has 0 rings (SSSR count). The molecule has 0 saturated heterocycles. The van der Waals surface area contributed by atoms with Crippen LogP contribution in [0.1, 0.15) is 40.0 Å². The average molecular weight is 453 g/mol. The summed E-state index contributed by atoms with van der Waals surface area (Å²) in [5.41, 5.74) is 0. The van der Waals surface area contributed by atoms with Crippen molar-refractivity contribution >= 4 is 33.7 Å². The summed E-state index contributed by atoms with van der Waals surface area (Å²) in [4.78, 5) is 56.2. The summed E-state index contributed by atoms with van der Waals surface area (Å²) in [5.74, 6) is -4.00. The van der Waals surface area contributed by atoms with E-state index in [9.17, 15) is 37.7 Å². The number of rotatable bonds is 14. The van der Waals surface area contributed by atoms with Crippen LogP contribution in [0.4, 0.5) is 0 Å². The van der Waals surface area contributed by atoms with Gasteiger partial charge in [-0.25, -0.2) is 23.3 Å². The topological polar surface area (TPSA) is 205 Å². The van der Waals surface area contributed by atoms with Crippen LogP contribution in [0.5, 0.6) is 0 Å². The van der Waals surface area contributed by atoms with Gasteiger partial charge in [-0.05, 0) is 30.6 Å². The van der Waals surface area contributed by atoms with Crippen molar-refractivity contribution in [3.05, 3.63) is 10.1 Å². The van der Waals surface area contributed by atoms with Crippen molar-refractivity contribution in [2.45, 2.75) is 52.1 Å². The van der Waals surface area contributed by atoms with E-state index in [1.807, 2.05) is 0 Å². The number of carboxylic acid groups (broad SMARTS) is 1. The van der Waals surface area contributed by atoms with Gasteiger partial charge in [0.2, 0.25) is 23.8 Å². The molecule has 2 atom stereocenters. The van der Waals surface area contributed by atoms with Crippen LogP contribution in [0.3, 0.4) is 0 Å². The quantitative estimate of drug-likeness (QED) is 0.133. The molecular weight excluding hydrogens is 426 g/mol. The number of unbranched alkanes of at least 4 members (excludes halogenated alkanes) is 1. The molecule has 0 aromatic rings. The lowest BCUT2D eigenvalue weighted by molar-refractivity contribution is -0.624. The summed E-state index contributed by atoms with van der Waals surface area (Å²) in [6.07, 6.45) is 1.24. The Morgan fingerprint density at radius 3 is 2.13 bits per heavy atom. The van der Waals surface area contributed by atoms with Crippen LogP contribution >= 0.6 is 0 Å². The molecule has 0 unspecified atom stereocenters. The summed E-state index contributed by atoms with van der Waals surface area (Å²) in [6, 6.07) is -2.90. The summed E-state index contributed by atoms with van der Waals surface area (Å²) < 4.78 is 23.8. The summed E-state index contributed by atoms with van der Waals surface area (Å²) in [5, 5.41) is 25.7. The molecule has 0 aliphatic heterocycles. The summed E-state index contributed by atoms with van der Waals surface area (Å²) in [7, 11) is -4.63. The molecule has 0 fully saturated rings. The van der Waals surface area contributed by atoms with Crippen LogP contribution in [0.15, 0.2) is 0 Å². The van der Waals surface area contributed by atoms with Gasteiger partial charge in [-0.1, -0.05) is 0 Å². The number of hydrogen-bond acceptors (Lipinski definition) is 8. The third-order valence-corrected chi connectivity index (χ3v) is 5.52. The fraction of sp³-hybridized carbons (Fsp3) is 0.733. The Morgan fingerprint density at radius 1 is 1.07 bits per heavy atom. The minimum absolute atomic E-state index is 0.201. The molecule has 0 aromatic carbocycles. The van der Waals surface area contributed by atoms with Crippen LogP contribution in [0.25, 0.3) is 0 Å². The molecule has 0 bridgehead atoms. The lowest BCUT2D eigenvalue weighted by Crippen LogP contribution is -2.50. The average Bonchev–Trinajstić information content (AvgIpc) is 2.58. The minimum Gasteiger partial charge on any atom is -0.480 e. The lowest BCUT2D eigenvalue weighted by Gasteiger charge is -2.19. The van der Waals surface area contributed by atoms with Crippen LogP contribution in [-0.4, -0.2) is 77.6 Å². The number of nitrogens with one attached hydrogen (secondary N) is 3. The number of carboxylic acids is 1. The molecule has 172 valence electrons. The second kappa shape index (κ2) is 12.6. The first-order valence-corrected chi connectivity index (χ1v) is 10.6. The Kier molecular flexibility index (Phi) is 11.3. The Bertz CT molecular complexity index is 756. The predicted molar refractivity (Wildman–Crippen MR) is 103 cm³/mol. The number of hydrogen-bond donors (Lipinski definition) is 4. The van der Waals surface area contributed by atoms with E-state index in [0.29, 0.717) is 19.4 Å². The number of carbonyl (C=O) groups excluding carboxylic acids is 3. The van der Waals surface area contributed by atoms with Crippen molar-refractivity contribution in [3.8, 4) is 0 Å². The lowest BCUT2D eigenvalue weighted by atomic mass is 10.1. The maximum atomic E-state index is 12.3. The van der Waals surface area contributed by atoms with Crippen LogP contribution in [0, 0.1) is 10.1 Å². The first-order valence-electron chi connectivity index (χ1n) is 8.98. The molecule has 3 amide bonds. The maximum Gasteiger partial charge on any atom is 0.333 e. The van der Waals surface area contributed by atoms with Crippen LogP contribution < -0.4 is 16.0 Å². The second-order valence-corrected chi connectivity index (χ2v) is 8.31. The molecular formula is C15H27N5O9S. The molecule has 0 spiro atoms. The smallest absolute Gasteiger partial charge is 0.333 e. The van der Waals surface area contributed by atoms with Crippen molar-refractivity contribution in [2.24, 2.45) is 0 Å². The predicted octanol–water partition coefficient (Wildman–Crippen LogP) is -1.79. The van der Waals surface area contributed by atoms with E-state index in [1.54, 1.807) is 0 Å². The molecule has 15 heteroatoms. The zero-order valence-electron chi connectivity index (χ0n) is 16.9. The van der Waals surface area contributed by atoms with Gasteiger partial charge < -0.3 is 21.1 Å². The minimum atomic E-state index is -4.63. The highest BCUT2D eigenvalue weighted by Crippen LogP contribution is 2.08. The molecule has 0 saturated carbocycles. The van der Waals surface area contributed by atoms with E-state index >= 15 is 0 Å². The largest absolute Gasteiger partial charge is 0.480 e. The molecule has 0 aliphatic carbocycles. The Labute approximate surface area is 173 Å². The molecule has 4 N–H and O–H groups in total. The van der Waals surface area contributed by atoms with Gasteiger partial charge in [-0.15, -0.1) is 0 Å². The van der Waals surface area contributed by atoms with E-state index in [-0.39, 0.29) is 16.7 Å². The van der Waals surface area contributed by atoms with E-state index in [1.165, 1.54) is 13.8 Å². The zero-order chi connectivity index (χ0) is 23.5. The number of nitrogens with zero attached hydrogens (tertiary/aromatic N) is 2. The van der Waals surface area contributed by atoms with Gasteiger partial charge in [0, 0.05) is 26.9 Å². The van der Waals surface area contributed by atoms with Crippen LogP contribution in [0.2, 0.25) is 0 Å². The van der Waals surface area contributed by atoms with Crippen molar-refractivity contribution in [1.82, 2.24) is 20.4 Å². The van der Waals surface area contributed by atoms with Gasteiger partial charge in [0.25, 0.3) is 10.0 Å². The van der Waals surface area contributed by atoms with Gasteiger partial charge in [0.1, 0.15) is 6.04 Å². The molecule has 30 heavy (non-hydrogen) atoms. The molecule has 0 aromatic heterocycles. The van der Waals surface area contributed by atoms with Gasteiger partial charge in [-0.3, -0.25) is 14.4 Å². The molecule has 0 aliphatic rings. The fourth-order valence-electron chi connectivity index (χ4n) is 2.35. The highest BCUT2D eigenvalue weighted by molar-refractivity contribution is 7.88. The van der Waals surface area contributed by atoms with Crippen LogP contribution in [-0.2, 0) is 29.2 Å². The standard InChI is InChI=1S/C15H27N5O9S/c1-10(15(24)25)19(20(26)27)30(28,29)9-8-17-14(23)13(18-12(3)22)6-4-5-7-16-11(2)21/h10,13H,4-9H2,1-3H3,(H,16,21)(H,17,23)(H,18,22)(H,24,25)/t10-,13+/m1/s1. The Balaban J connectivity index is 4.85. The summed E-state index contributed by atoms with van der Waals surface area (Å²) in [6.45, 7) is 3.26. The second-order valence-electron chi connectivity index (χ2n) is 6.36. The van der Waals surface area contributed by atoms with E-state index in [2.05, 4.69) is 16.0 Å². The van der Waals surface area contributed by atoms with Gasteiger partial charge in [0.05, 0.1) is 5.75 Å². The van der Waals surface area contributed by atoms with Gasteiger partial charge >= 0.3 is 5.97 Å². The van der Waals surface area contributed by atoms with Gasteiger partial charge in [0.15, 0.2) is 5.03 Å². The zero-order valence-corrected chi connectivity index (χ0v) is 17.7. The fourth-order valence-corrected chi connectivity index (χ4v) is 3.67. The molecule has 0 heterocycles. The first-order chi connectivity index (χ1) is 13.8. The number of hydrazine groups is 1. The Hall–Kier alpha value is -2.97. The van der Waals surface area contributed by atoms with Crippen molar-refractivity contribution in [1.29, 1.82) is 0 Å². The number of sulfonamides is 1. The monoisotopic (exact) mass is 453 g/mol. The van der Waals surface area contributed by atoms with Gasteiger partial charge in [-0.2, -0.15) is 0 Å². The third-order valence-electron chi connectivity index (χ3n) is 3.78. The summed E-state index contributed by atoms with van der Waals surface area (Å²) >= 11 is 0. The Morgan fingerprint density at radius 2 is 1.67 bits per heavy atom. The number of amides is 3. The SMILES string of the molecule is CC(=O)NCCCC[C@H](NC(C)=O)C(=O)NCCS(=O)(=O)N([C@H](C)C(=O)O)[N+](=O)[O-]. The highest BCUT2D eigenvalue weighted by atomic mass is 32.2. The number of aliphatic carboxylic acids is 1. The molecule has 0 radical (unpaired) electrons. The van der Waals surface area contributed by atoms with Crippen molar-refractivity contribution in [2.75, 3.05) is 18.8 Å².